The number of rotatable bonds is 1. The Morgan fingerprint density at radius 3 is 2.79 bits per heavy atom. The lowest BCUT2D eigenvalue weighted by atomic mass is 9.88. The normalized spacial score (nSPS) is 26.3. The summed E-state index contributed by atoms with van der Waals surface area (Å²) < 4.78 is 0. The van der Waals surface area contributed by atoms with Crippen LogP contribution in [0.25, 0.3) is 0 Å². The topological polar surface area (TPSA) is 32.3 Å². The van der Waals surface area contributed by atoms with Gasteiger partial charge in [0.15, 0.2) is 0 Å². The van der Waals surface area contributed by atoms with Gasteiger partial charge in [-0.15, -0.1) is 0 Å². The average molecular weight is 258 g/mol. The van der Waals surface area contributed by atoms with Crippen LogP contribution in [0.5, 0.6) is 0 Å². The molecule has 0 saturated carbocycles. The quantitative estimate of drug-likeness (QED) is 0.835. The maximum atomic E-state index is 12.6. The summed E-state index contributed by atoms with van der Waals surface area (Å²) in [4.78, 5) is 14.6. The molecule has 1 N–H and O–H groups in total. The molecule has 1 aromatic rings. The van der Waals surface area contributed by atoms with E-state index in [0.29, 0.717) is 5.92 Å². The van der Waals surface area contributed by atoms with Crippen molar-refractivity contribution in [2.75, 3.05) is 26.2 Å². The molecule has 2 aliphatic heterocycles. The average Bonchev–Trinajstić information content (AvgIpc) is 2.88. The molecule has 2 aliphatic rings. The summed E-state index contributed by atoms with van der Waals surface area (Å²) in [5, 5.41) is 3.44. The van der Waals surface area contributed by atoms with Crippen molar-refractivity contribution >= 4 is 5.91 Å². The van der Waals surface area contributed by atoms with E-state index >= 15 is 0 Å². The summed E-state index contributed by atoms with van der Waals surface area (Å²) in [6.45, 7) is 8.19. The third-order valence-electron chi connectivity index (χ3n) is 4.75. The Balaban J connectivity index is 1.74. The van der Waals surface area contributed by atoms with E-state index in [0.717, 1.165) is 44.1 Å². The number of amides is 1. The lowest BCUT2D eigenvalue weighted by Crippen LogP contribution is -2.43. The second kappa shape index (κ2) is 4.97. The van der Waals surface area contributed by atoms with Crippen LogP contribution < -0.4 is 5.32 Å². The molecule has 1 amide bonds. The van der Waals surface area contributed by atoms with E-state index in [4.69, 9.17) is 0 Å². The van der Waals surface area contributed by atoms with Gasteiger partial charge in [-0.25, -0.2) is 0 Å². The smallest absolute Gasteiger partial charge is 0.253 e. The third-order valence-corrected chi connectivity index (χ3v) is 4.75. The van der Waals surface area contributed by atoms with Crippen molar-refractivity contribution in [1.82, 2.24) is 10.2 Å². The number of carbonyl (C=O) groups is 1. The van der Waals surface area contributed by atoms with E-state index in [1.807, 2.05) is 23.1 Å². The molecule has 2 atom stereocenters. The fourth-order valence-corrected chi connectivity index (χ4v) is 3.28. The number of piperidine rings is 1. The molecule has 0 spiro atoms. The lowest BCUT2D eigenvalue weighted by molar-refractivity contribution is 0.0642. The lowest BCUT2D eigenvalue weighted by Gasteiger charge is -2.34. The molecule has 1 aromatic carbocycles. The fourth-order valence-electron chi connectivity index (χ4n) is 3.28. The summed E-state index contributed by atoms with van der Waals surface area (Å²) >= 11 is 0. The van der Waals surface area contributed by atoms with Crippen LogP contribution >= 0.6 is 0 Å². The molecular formula is C16H22N2O. The van der Waals surface area contributed by atoms with Crippen LogP contribution in [-0.4, -0.2) is 37.0 Å². The van der Waals surface area contributed by atoms with Crippen LogP contribution in [0.4, 0.5) is 0 Å². The van der Waals surface area contributed by atoms with Gasteiger partial charge in [-0.05, 0) is 68.5 Å². The summed E-state index contributed by atoms with van der Waals surface area (Å²) in [6, 6.07) is 6.03. The Bertz CT molecular complexity index is 498. The molecule has 2 unspecified atom stereocenters. The monoisotopic (exact) mass is 258 g/mol. The zero-order valence-corrected chi connectivity index (χ0v) is 11.8. The van der Waals surface area contributed by atoms with Crippen molar-refractivity contribution in [3.63, 3.8) is 0 Å². The van der Waals surface area contributed by atoms with E-state index in [1.54, 1.807) is 0 Å². The maximum Gasteiger partial charge on any atom is 0.253 e. The van der Waals surface area contributed by atoms with Gasteiger partial charge in [-0.2, -0.15) is 0 Å². The van der Waals surface area contributed by atoms with Gasteiger partial charge in [0.05, 0.1) is 0 Å². The zero-order chi connectivity index (χ0) is 13.4. The van der Waals surface area contributed by atoms with Gasteiger partial charge in [0.1, 0.15) is 0 Å². The van der Waals surface area contributed by atoms with Crippen LogP contribution in [0, 0.1) is 25.7 Å². The molecule has 3 heteroatoms. The molecule has 2 heterocycles. The highest BCUT2D eigenvalue weighted by molar-refractivity contribution is 5.94. The number of hydrogen-bond acceptors (Lipinski definition) is 2. The molecule has 102 valence electrons. The van der Waals surface area contributed by atoms with Crippen LogP contribution in [0.1, 0.15) is 27.9 Å². The van der Waals surface area contributed by atoms with Gasteiger partial charge in [0.25, 0.3) is 5.91 Å². The molecule has 2 saturated heterocycles. The highest BCUT2D eigenvalue weighted by Gasteiger charge is 2.34. The highest BCUT2D eigenvalue weighted by atomic mass is 16.2. The van der Waals surface area contributed by atoms with Crippen LogP contribution in [0.15, 0.2) is 18.2 Å². The Morgan fingerprint density at radius 1 is 1.21 bits per heavy atom. The first kappa shape index (κ1) is 12.7. The number of nitrogens with one attached hydrogen (secondary N) is 1. The SMILES string of the molecule is Cc1ccc(C(=O)N2CCC3CNCC3C2)cc1C. The Hall–Kier alpha value is -1.35. The summed E-state index contributed by atoms with van der Waals surface area (Å²) in [6.07, 6.45) is 1.15. The van der Waals surface area contributed by atoms with Crippen LogP contribution in [0.3, 0.4) is 0 Å². The molecule has 3 nitrogen and oxygen atoms in total. The van der Waals surface area contributed by atoms with Gasteiger partial charge < -0.3 is 10.2 Å². The van der Waals surface area contributed by atoms with Crippen LogP contribution in [-0.2, 0) is 0 Å². The minimum Gasteiger partial charge on any atom is -0.338 e. The fraction of sp³-hybridized carbons (Fsp3) is 0.562. The van der Waals surface area contributed by atoms with Gasteiger partial charge >= 0.3 is 0 Å². The first-order valence-electron chi connectivity index (χ1n) is 7.22. The number of hydrogen-bond donors (Lipinski definition) is 1. The Morgan fingerprint density at radius 2 is 2.00 bits per heavy atom. The highest BCUT2D eigenvalue weighted by Crippen LogP contribution is 2.27. The van der Waals surface area contributed by atoms with Crippen molar-refractivity contribution in [2.24, 2.45) is 11.8 Å². The molecule has 2 fully saturated rings. The molecular weight excluding hydrogens is 236 g/mol. The second-order valence-corrected chi connectivity index (χ2v) is 6.02. The van der Waals surface area contributed by atoms with Crippen molar-refractivity contribution in [3.8, 4) is 0 Å². The largest absolute Gasteiger partial charge is 0.338 e. The standard InChI is InChI=1S/C16H22N2O/c1-11-3-4-13(7-12(11)2)16(19)18-6-5-14-8-17-9-15(14)10-18/h3-4,7,14-15,17H,5-6,8-10H2,1-2H3. The van der Waals surface area contributed by atoms with E-state index in [9.17, 15) is 4.79 Å². The first-order valence-corrected chi connectivity index (χ1v) is 7.22. The molecule has 0 aliphatic carbocycles. The van der Waals surface area contributed by atoms with Crippen molar-refractivity contribution in [2.45, 2.75) is 20.3 Å². The van der Waals surface area contributed by atoms with Gasteiger partial charge in [0, 0.05) is 18.7 Å². The minimum atomic E-state index is 0.202. The minimum absolute atomic E-state index is 0.202. The van der Waals surface area contributed by atoms with E-state index < -0.39 is 0 Å². The first-order chi connectivity index (χ1) is 9.15. The second-order valence-electron chi connectivity index (χ2n) is 6.02. The van der Waals surface area contributed by atoms with Gasteiger partial charge in [-0.3, -0.25) is 4.79 Å². The maximum absolute atomic E-state index is 12.6. The van der Waals surface area contributed by atoms with Crippen molar-refractivity contribution in [1.29, 1.82) is 0 Å². The zero-order valence-electron chi connectivity index (χ0n) is 11.8. The summed E-state index contributed by atoms with van der Waals surface area (Å²) in [7, 11) is 0. The molecule has 0 bridgehead atoms. The van der Waals surface area contributed by atoms with Crippen molar-refractivity contribution in [3.05, 3.63) is 34.9 Å². The van der Waals surface area contributed by atoms with E-state index in [-0.39, 0.29) is 5.91 Å². The number of nitrogens with zero attached hydrogens (tertiary/aromatic N) is 1. The van der Waals surface area contributed by atoms with Gasteiger partial charge in [-0.1, -0.05) is 6.07 Å². The predicted octanol–water partition coefficient (Wildman–Crippen LogP) is 1.98. The number of benzene rings is 1. The number of carbonyl (C=O) groups excluding carboxylic acids is 1. The predicted molar refractivity (Wildman–Crippen MR) is 76.3 cm³/mol. The molecule has 19 heavy (non-hydrogen) atoms. The summed E-state index contributed by atoms with van der Waals surface area (Å²) in [5.74, 6) is 1.64. The number of likely N-dealkylation sites (tertiary alicyclic amines) is 1. The molecule has 0 aromatic heterocycles. The summed E-state index contributed by atoms with van der Waals surface area (Å²) in [5.41, 5.74) is 3.28. The molecule has 0 radical (unpaired) electrons. The third kappa shape index (κ3) is 2.39. The van der Waals surface area contributed by atoms with Gasteiger partial charge in [0.2, 0.25) is 0 Å². The number of aryl methyl sites for hydroxylation is 2. The van der Waals surface area contributed by atoms with E-state index in [1.165, 1.54) is 11.1 Å². The Kier molecular flexibility index (Phi) is 3.31. The van der Waals surface area contributed by atoms with E-state index in [2.05, 4.69) is 19.2 Å². The van der Waals surface area contributed by atoms with Crippen molar-refractivity contribution < 1.29 is 4.79 Å². The number of fused-ring (bicyclic) bond motifs is 1. The van der Waals surface area contributed by atoms with Crippen LogP contribution in [0.2, 0.25) is 0 Å². The molecule has 3 rings (SSSR count). The Labute approximate surface area is 115 Å².